The van der Waals surface area contributed by atoms with Gasteiger partial charge in [-0.05, 0) is 43.7 Å². The van der Waals surface area contributed by atoms with Gasteiger partial charge in [-0.15, -0.1) is 0 Å². The molecule has 0 fully saturated rings. The third-order valence-electron chi connectivity index (χ3n) is 3.45. The molecule has 2 aromatic carbocycles. The summed E-state index contributed by atoms with van der Waals surface area (Å²) in [7, 11) is 1.57. The molecule has 0 spiro atoms. The Morgan fingerprint density at radius 3 is 2.08 bits per heavy atom. The van der Waals surface area contributed by atoms with Crippen molar-refractivity contribution in [1.82, 2.24) is 10.6 Å². The van der Waals surface area contributed by atoms with Gasteiger partial charge in [0.2, 0.25) is 5.91 Å². The van der Waals surface area contributed by atoms with Crippen LogP contribution in [0.1, 0.15) is 35.8 Å². The molecular formula is C19H22N2O3. The lowest BCUT2D eigenvalue weighted by Gasteiger charge is -2.20. The van der Waals surface area contributed by atoms with Gasteiger partial charge >= 0.3 is 0 Å². The van der Waals surface area contributed by atoms with E-state index in [1.807, 2.05) is 44.2 Å². The van der Waals surface area contributed by atoms with Gasteiger partial charge < -0.3 is 15.4 Å². The van der Waals surface area contributed by atoms with Crippen LogP contribution in [0, 0.1) is 0 Å². The Morgan fingerprint density at radius 2 is 1.54 bits per heavy atom. The quantitative estimate of drug-likeness (QED) is 0.857. The first-order valence-electron chi connectivity index (χ1n) is 7.81. The van der Waals surface area contributed by atoms with E-state index in [0.717, 1.165) is 5.56 Å². The summed E-state index contributed by atoms with van der Waals surface area (Å²) in [5, 5.41) is 5.64. The molecule has 0 saturated heterocycles. The summed E-state index contributed by atoms with van der Waals surface area (Å²) in [4.78, 5) is 25.0. The summed E-state index contributed by atoms with van der Waals surface area (Å²) in [5.41, 5.74) is 1.20. The van der Waals surface area contributed by atoms with Crippen molar-refractivity contribution >= 4 is 11.8 Å². The van der Waals surface area contributed by atoms with E-state index in [9.17, 15) is 9.59 Å². The van der Waals surface area contributed by atoms with Gasteiger partial charge in [0.15, 0.2) is 0 Å². The van der Waals surface area contributed by atoms with E-state index >= 15 is 0 Å². The Morgan fingerprint density at radius 1 is 0.917 bits per heavy atom. The molecule has 0 aliphatic heterocycles. The molecule has 0 aliphatic rings. The van der Waals surface area contributed by atoms with Crippen LogP contribution in [0.4, 0.5) is 0 Å². The maximum atomic E-state index is 12.5. The Bertz CT molecular complexity index is 682. The topological polar surface area (TPSA) is 67.4 Å². The van der Waals surface area contributed by atoms with E-state index in [-0.39, 0.29) is 17.9 Å². The van der Waals surface area contributed by atoms with Crippen LogP contribution in [0.2, 0.25) is 0 Å². The molecule has 0 saturated carbocycles. The second kappa shape index (κ2) is 8.15. The fraction of sp³-hybridized carbons (Fsp3) is 0.263. The van der Waals surface area contributed by atoms with E-state index in [4.69, 9.17) is 4.74 Å². The van der Waals surface area contributed by atoms with Gasteiger partial charge in [0.25, 0.3) is 5.91 Å². The molecule has 2 N–H and O–H groups in total. The number of hydrogen-bond donors (Lipinski definition) is 2. The Balaban J connectivity index is 2.20. The normalized spacial score (nSPS) is 11.7. The third-order valence-corrected chi connectivity index (χ3v) is 3.45. The van der Waals surface area contributed by atoms with Crippen LogP contribution in [0.3, 0.4) is 0 Å². The predicted molar refractivity (Wildman–Crippen MR) is 92.9 cm³/mol. The van der Waals surface area contributed by atoms with Crippen LogP contribution < -0.4 is 15.4 Å². The zero-order valence-electron chi connectivity index (χ0n) is 14.1. The van der Waals surface area contributed by atoms with Crippen molar-refractivity contribution in [3.63, 3.8) is 0 Å². The van der Waals surface area contributed by atoms with Gasteiger partial charge in [0, 0.05) is 11.6 Å². The molecule has 2 amide bonds. The lowest BCUT2D eigenvalue weighted by atomic mass is 10.0. The van der Waals surface area contributed by atoms with Crippen LogP contribution in [0.15, 0.2) is 54.6 Å². The maximum absolute atomic E-state index is 12.5. The van der Waals surface area contributed by atoms with Crippen LogP contribution >= 0.6 is 0 Å². The molecule has 0 aromatic heterocycles. The molecule has 0 heterocycles. The zero-order chi connectivity index (χ0) is 17.5. The minimum atomic E-state index is -0.747. The monoisotopic (exact) mass is 326 g/mol. The Labute approximate surface area is 142 Å². The summed E-state index contributed by atoms with van der Waals surface area (Å²) in [6.45, 7) is 3.76. The number of methoxy groups -OCH3 is 1. The average Bonchev–Trinajstić information content (AvgIpc) is 2.59. The van der Waals surface area contributed by atoms with Crippen molar-refractivity contribution in [3.8, 4) is 5.75 Å². The summed E-state index contributed by atoms with van der Waals surface area (Å²) in [6.07, 6.45) is 0. The number of carbonyl (C=O) groups excluding carboxylic acids is 2. The minimum absolute atomic E-state index is 0.0124. The SMILES string of the molecule is COc1ccc(C(=O)N[C@H](C(=O)NC(C)C)c2ccccc2)cc1. The van der Waals surface area contributed by atoms with Gasteiger partial charge in [0.1, 0.15) is 11.8 Å². The van der Waals surface area contributed by atoms with Crippen molar-refractivity contribution in [2.24, 2.45) is 0 Å². The molecule has 0 aliphatic carbocycles. The molecule has 2 aromatic rings. The van der Waals surface area contributed by atoms with Crippen LogP contribution in [0.5, 0.6) is 5.75 Å². The van der Waals surface area contributed by atoms with Crippen molar-refractivity contribution in [1.29, 1.82) is 0 Å². The van der Waals surface area contributed by atoms with Crippen molar-refractivity contribution in [2.45, 2.75) is 25.9 Å². The molecule has 5 heteroatoms. The minimum Gasteiger partial charge on any atom is -0.497 e. The zero-order valence-corrected chi connectivity index (χ0v) is 14.1. The lowest BCUT2D eigenvalue weighted by molar-refractivity contribution is -0.123. The largest absolute Gasteiger partial charge is 0.497 e. The van der Waals surface area contributed by atoms with Gasteiger partial charge in [0.05, 0.1) is 7.11 Å². The Kier molecular flexibility index (Phi) is 5.95. The number of benzene rings is 2. The van der Waals surface area contributed by atoms with Gasteiger partial charge in [-0.3, -0.25) is 9.59 Å². The fourth-order valence-corrected chi connectivity index (χ4v) is 2.27. The molecule has 2 rings (SSSR count). The summed E-state index contributed by atoms with van der Waals surface area (Å²) in [5.74, 6) is 0.118. The molecule has 0 unspecified atom stereocenters. The highest BCUT2D eigenvalue weighted by molar-refractivity contribution is 5.98. The Hall–Kier alpha value is -2.82. The van der Waals surface area contributed by atoms with Crippen LogP contribution in [0.25, 0.3) is 0 Å². The number of ether oxygens (including phenoxy) is 1. The first kappa shape index (κ1) is 17.5. The van der Waals surface area contributed by atoms with Gasteiger partial charge in [-0.2, -0.15) is 0 Å². The second-order valence-corrected chi connectivity index (χ2v) is 5.71. The van der Waals surface area contributed by atoms with Crippen LogP contribution in [-0.4, -0.2) is 25.0 Å². The number of carbonyl (C=O) groups is 2. The molecule has 24 heavy (non-hydrogen) atoms. The first-order chi connectivity index (χ1) is 11.5. The van der Waals surface area contributed by atoms with Crippen LogP contribution in [-0.2, 0) is 4.79 Å². The third kappa shape index (κ3) is 4.59. The smallest absolute Gasteiger partial charge is 0.252 e. The lowest BCUT2D eigenvalue weighted by Crippen LogP contribution is -2.42. The van der Waals surface area contributed by atoms with Gasteiger partial charge in [-0.25, -0.2) is 0 Å². The van der Waals surface area contributed by atoms with E-state index in [2.05, 4.69) is 10.6 Å². The highest BCUT2D eigenvalue weighted by Gasteiger charge is 2.23. The average molecular weight is 326 g/mol. The number of amides is 2. The molecule has 5 nitrogen and oxygen atoms in total. The summed E-state index contributed by atoms with van der Waals surface area (Å²) < 4.78 is 5.09. The van der Waals surface area contributed by atoms with E-state index in [1.165, 1.54) is 0 Å². The van der Waals surface area contributed by atoms with Crippen molar-refractivity contribution in [3.05, 3.63) is 65.7 Å². The molecular weight excluding hydrogens is 304 g/mol. The van der Waals surface area contributed by atoms with Crippen molar-refractivity contribution in [2.75, 3.05) is 7.11 Å². The molecule has 0 bridgehead atoms. The van der Waals surface area contributed by atoms with Crippen molar-refractivity contribution < 1.29 is 14.3 Å². The maximum Gasteiger partial charge on any atom is 0.252 e. The molecule has 126 valence electrons. The second-order valence-electron chi connectivity index (χ2n) is 5.71. The van der Waals surface area contributed by atoms with E-state index < -0.39 is 6.04 Å². The molecule has 1 atom stereocenters. The van der Waals surface area contributed by atoms with E-state index in [0.29, 0.717) is 11.3 Å². The summed E-state index contributed by atoms with van der Waals surface area (Å²) >= 11 is 0. The standard InChI is InChI=1S/C19H22N2O3/c1-13(2)20-19(23)17(14-7-5-4-6-8-14)21-18(22)15-9-11-16(24-3)12-10-15/h4-13,17H,1-3H3,(H,20,23)(H,21,22)/t17-/m0/s1. The fourth-order valence-electron chi connectivity index (χ4n) is 2.27. The highest BCUT2D eigenvalue weighted by atomic mass is 16.5. The molecule has 0 radical (unpaired) electrons. The number of rotatable bonds is 6. The first-order valence-corrected chi connectivity index (χ1v) is 7.81. The number of hydrogen-bond acceptors (Lipinski definition) is 3. The van der Waals surface area contributed by atoms with Gasteiger partial charge in [-0.1, -0.05) is 30.3 Å². The summed E-state index contributed by atoms with van der Waals surface area (Å²) in [6, 6.07) is 15.2. The number of nitrogens with one attached hydrogen (secondary N) is 2. The highest BCUT2D eigenvalue weighted by Crippen LogP contribution is 2.16. The predicted octanol–water partition coefficient (Wildman–Crippen LogP) is 2.69. The van der Waals surface area contributed by atoms with E-state index in [1.54, 1.807) is 31.4 Å².